The van der Waals surface area contributed by atoms with Crippen molar-refractivity contribution in [3.63, 3.8) is 0 Å². The number of ether oxygens (including phenoxy) is 2. The van der Waals surface area contributed by atoms with Gasteiger partial charge in [-0.15, -0.1) is 0 Å². The first-order valence-electron chi connectivity index (χ1n) is 4.12. The van der Waals surface area contributed by atoms with Crippen LogP contribution in [-0.2, 0) is 11.3 Å². The Morgan fingerprint density at radius 2 is 2.14 bits per heavy atom. The molecule has 4 nitrogen and oxygen atoms in total. The zero-order valence-electron chi connectivity index (χ0n) is 8.16. The normalized spacial score (nSPS) is 9.29. The molecule has 0 saturated heterocycles. The van der Waals surface area contributed by atoms with Gasteiger partial charge in [0, 0.05) is 18.2 Å². The summed E-state index contributed by atoms with van der Waals surface area (Å²) in [6.45, 7) is 0.399. The zero-order chi connectivity index (χ0) is 10.4. The maximum Gasteiger partial charge on any atom is 0.309 e. The van der Waals surface area contributed by atoms with Crippen LogP contribution in [0.1, 0.15) is 5.56 Å². The molecule has 0 aliphatic rings. The summed E-state index contributed by atoms with van der Waals surface area (Å²) < 4.78 is 10.2. The van der Waals surface area contributed by atoms with Crippen molar-refractivity contribution in [2.24, 2.45) is 0 Å². The van der Waals surface area contributed by atoms with E-state index in [1.807, 2.05) is 12.1 Å². The van der Waals surface area contributed by atoms with E-state index < -0.39 is 0 Å². The third-order valence-electron chi connectivity index (χ3n) is 1.85. The molecule has 0 spiro atoms. The van der Waals surface area contributed by atoms with Crippen molar-refractivity contribution in [1.82, 2.24) is 5.32 Å². The summed E-state index contributed by atoms with van der Waals surface area (Å²) in [5.41, 5.74) is 0.886. The van der Waals surface area contributed by atoms with Crippen molar-refractivity contribution >= 4 is 6.41 Å². The van der Waals surface area contributed by atoms with Crippen LogP contribution in [0.15, 0.2) is 18.2 Å². The second-order valence-electron chi connectivity index (χ2n) is 2.63. The predicted molar refractivity (Wildman–Crippen MR) is 52.1 cm³/mol. The number of hydrogen-bond donors (Lipinski definition) is 1. The topological polar surface area (TPSA) is 47.6 Å². The number of benzene rings is 1. The van der Waals surface area contributed by atoms with Crippen molar-refractivity contribution in [1.29, 1.82) is 0 Å². The molecule has 0 heterocycles. The lowest BCUT2D eigenvalue weighted by Gasteiger charge is -2.09. The van der Waals surface area contributed by atoms with Crippen LogP contribution >= 0.6 is 0 Å². The smallest absolute Gasteiger partial charge is 0.309 e. The monoisotopic (exact) mass is 194 g/mol. The van der Waals surface area contributed by atoms with Crippen LogP contribution in [0, 0.1) is 0 Å². The van der Waals surface area contributed by atoms with Gasteiger partial charge < -0.3 is 14.8 Å². The molecule has 4 heteroatoms. The van der Waals surface area contributed by atoms with Gasteiger partial charge in [0.1, 0.15) is 11.5 Å². The highest BCUT2D eigenvalue weighted by Crippen LogP contribution is 2.24. The van der Waals surface area contributed by atoms with E-state index in [2.05, 4.69) is 5.32 Å². The number of rotatable bonds is 5. The molecule has 14 heavy (non-hydrogen) atoms. The van der Waals surface area contributed by atoms with Crippen molar-refractivity contribution in [2.75, 3.05) is 14.2 Å². The Balaban J connectivity index is 2.87. The van der Waals surface area contributed by atoms with E-state index >= 15 is 0 Å². The summed E-state index contributed by atoms with van der Waals surface area (Å²) in [5, 5.41) is 2.45. The van der Waals surface area contributed by atoms with E-state index in [1.54, 1.807) is 26.7 Å². The fraction of sp³-hybridized carbons (Fsp3) is 0.300. The minimum absolute atomic E-state index is 0.399. The quantitative estimate of drug-likeness (QED) is 0.707. The molecule has 0 atom stereocenters. The second-order valence-corrected chi connectivity index (χ2v) is 2.63. The van der Waals surface area contributed by atoms with Gasteiger partial charge in [-0.1, -0.05) is 0 Å². The SMILES string of the molecule is COc1ccc(CN[C]=O)c(OC)c1. The van der Waals surface area contributed by atoms with E-state index in [9.17, 15) is 4.79 Å². The fourth-order valence-electron chi connectivity index (χ4n) is 1.13. The standard InChI is InChI=1S/C10H12NO3/c1-13-9-4-3-8(6-11-7-12)10(5-9)14-2/h3-5H,6H2,1-2H3,(H,11,12). The molecule has 1 rings (SSSR count). The Kier molecular flexibility index (Phi) is 3.79. The molecule has 0 fully saturated rings. The van der Waals surface area contributed by atoms with E-state index in [-0.39, 0.29) is 0 Å². The minimum Gasteiger partial charge on any atom is -0.497 e. The van der Waals surface area contributed by atoms with Crippen LogP contribution in [0.2, 0.25) is 0 Å². The van der Waals surface area contributed by atoms with Gasteiger partial charge in [-0.2, -0.15) is 0 Å². The highest BCUT2D eigenvalue weighted by atomic mass is 16.5. The molecule has 0 unspecified atom stereocenters. The van der Waals surface area contributed by atoms with Crippen molar-refractivity contribution in [2.45, 2.75) is 6.54 Å². The largest absolute Gasteiger partial charge is 0.497 e. The van der Waals surface area contributed by atoms with E-state index in [1.165, 1.54) is 0 Å². The number of nitrogens with one attached hydrogen (secondary N) is 1. The van der Waals surface area contributed by atoms with Crippen molar-refractivity contribution in [3.8, 4) is 11.5 Å². The number of methoxy groups -OCH3 is 2. The summed E-state index contributed by atoms with van der Waals surface area (Å²) in [6, 6.07) is 5.41. The lowest BCUT2D eigenvalue weighted by Crippen LogP contribution is -2.10. The van der Waals surface area contributed by atoms with Gasteiger partial charge in [-0.3, -0.25) is 4.79 Å². The lowest BCUT2D eigenvalue weighted by molar-refractivity contribution is 0.390. The average Bonchev–Trinajstić information content (AvgIpc) is 2.26. The third-order valence-corrected chi connectivity index (χ3v) is 1.85. The molecular formula is C10H12NO3. The molecule has 1 aromatic carbocycles. The molecule has 0 aliphatic heterocycles. The van der Waals surface area contributed by atoms with E-state index in [0.717, 1.165) is 11.3 Å². The van der Waals surface area contributed by atoms with Gasteiger partial charge in [0.2, 0.25) is 0 Å². The lowest BCUT2D eigenvalue weighted by atomic mass is 10.2. The average molecular weight is 194 g/mol. The Morgan fingerprint density at radius 3 is 2.71 bits per heavy atom. The molecule has 1 amide bonds. The van der Waals surface area contributed by atoms with Gasteiger partial charge in [0.15, 0.2) is 0 Å². The number of amides is 1. The second kappa shape index (κ2) is 5.11. The van der Waals surface area contributed by atoms with Crippen LogP contribution in [0.4, 0.5) is 0 Å². The van der Waals surface area contributed by atoms with Gasteiger partial charge in [0.05, 0.1) is 14.2 Å². The molecule has 1 aromatic rings. The first kappa shape index (κ1) is 10.4. The molecule has 1 N–H and O–H groups in total. The molecule has 0 bridgehead atoms. The summed E-state index contributed by atoms with van der Waals surface area (Å²) in [4.78, 5) is 10.00. The Morgan fingerprint density at radius 1 is 1.36 bits per heavy atom. The molecule has 1 radical (unpaired) electrons. The van der Waals surface area contributed by atoms with Crippen LogP contribution in [0.25, 0.3) is 0 Å². The maximum atomic E-state index is 10.00. The molecule has 0 aliphatic carbocycles. The maximum absolute atomic E-state index is 10.00. The summed E-state index contributed by atoms with van der Waals surface area (Å²) >= 11 is 0. The van der Waals surface area contributed by atoms with Gasteiger partial charge in [-0.05, 0) is 12.1 Å². The zero-order valence-corrected chi connectivity index (χ0v) is 8.16. The van der Waals surface area contributed by atoms with Gasteiger partial charge >= 0.3 is 6.41 Å². The minimum atomic E-state index is 0.399. The Hall–Kier alpha value is -1.71. The summed E-state index contributed by atoms with van der Waals surface area (Å²) in [6.07, 6.45) is 1.61. The molecular weight excluding hydrogens is 182 g/mol. The van der Waals surface area contributed by atoms with Crippen molar-refractivity contribution < 1.29 is 14.3 Å². The highest BCUT2D eigenvalue weighted by molar-refractivity contribution is 5.49. The summed E-state index contributed by atoms with van der Waals surface area (Å²) in [5.74, 6) is 1.41. The van der Waals surface area contributed by atoms with Crippen LogP contribution in [0.5, 0.6) is 11.5 Å². The first-order valence-corrected chi connectivity index (χ1v) is 4.12. The van der Waals surface area contributed by atoms with E-state index in [0.29, 0.717) is 12.3 Å². The first-order chi connectivity index (χ1) is 6.81. The predicted octanol–water partition coefficient (Wildman–Crippen LogP) is 0.861. The fourth-order valence-corrected chi connectivity index (χ4v) is 1.13. The molecule has 0 aromatic heterocycles. The Bertz CT molecular complexity index is 312. The van der Waals surface area contributed by atoms with Crippen LogP contribution < -0.4 is 14.8 Å². The third kappa shape index (κ3) is 2.39. The highest BCUT2D eigenvalue weighted by Gasteiger charge is 2.03. The number of hydrogen-bond acceptors (Lipinski definition) is 3. The van der Waals surface area contributed by atoms with Crippen LogP contribution in [-0.4, -0.2) is 20.6 Å². The molecule has 0 saturated carbocycles. The Labute approximate surface area is 82.8 Å². The molecule has 75 valence electrons. The van der Waals surface area contributed by atoms with Crippen LogP contribution in [0.3, 0.4) is 0 Å². The van der Waals surface area contributed by atoms with E-state index in [4.69, 9.17) is 9.47 Å². The van der Waals surface area contributed by atoms with Gasteiger partial charge in [0.25, 0.3) is 0 Å². The summed E-state index contributed by atoms with van der Waals surface area (Å²) in [7, 11) is 3.16. The van der Waals surface area contributed by atoms with Crippen molar-refractivity contribution in [3.05, 3.63) is 23.8 Å². The number of carbonyl (C=O) groups excluding carboxylic acids is 1. The van der Waals surface area contributed by atoms with Gasteiger partial charge in [-0.25, -0.2) is 0 Å².